The van der Waals surface area contributed by atoms with Crippen molar-refractivity contribution in [2.75, 3.05) is 7.11 Å². The molecular weight excluding hydrogens is 276 g/mol. The molecule has 2 aromatic carbocycles. The van der Waals surface area contributed by atoms with Gasteiger partial charge < -0.3 is 9.84 Å². The standard InChI is InChI=1S/C16H13ClO3/c1-20-15-8-4-5-11(16(15)19)9-10-14(18)12-6-2-3-7-13(12)17/h2-10,19H,1H3. The van der Waals surface area contributed by atoms with Crippen molar-refractivity contribution in [1.29, 1.82) is 0 Å². The number of hydrogen-bond donors (Lipinski definition) is 1. The average molecular weight is 289 g/mol. The van der Waals surface area contributed by atoms with E-state index >= 15 is 0 Å². The summed E-state index contributed by atoms with van der Waals surface area (Å²) in [6.07, 6.45) is 2.90. The van der Waals surface area contributed by atoms with Crippen LogP contribution in [0, 0.1) is 0 Å². The van der Waals surface area contributed by atoms with Gasteiger partial charge in [0.05, 0.1) is 12.1 Å². The maximum Gasteiger partial charge on any atom is 0.187 e. The highest BCUT2D eigenvalue weighted by atomic mass is 35.5. The fourth-order valence-electron chi connectivity index (χ4n) is 1.75. The molecule has 0 amide bonds. The minimum Gasteiger partial charge on any atom is -0.504 e. The maximum absolute atomic E-state index is 12.0. The van der Waals surface area contributed by atoms with Gasteiger partial charge in [-0.1, -0.05) is 35.9 Å². The van der Waals surface area contributed by atoms with Gasteiger partial charge in [0, 0.05) is 11.1 Å². The van der Waals surface area contributed by atoms with Crippen LogP contribution < -0.4 is 4.74 Å². The molecule has 3 nitrogen and oxygen atoms in total. The van der Waals surface area contributed by atoms with Gasteiger partial charge in [-0.25, -0.2) is 0 Å². The molecule has 0 unspecified atom stereocenters. The van der Waals surface area contributed by atoms with Crippen molar-refractivity contribution in [3.8, 4) is 11.5 Å². The van der Waals surface area contributed by atoms with Gasteiger partial charge in [-0.05, 0) is 30.4 Å². The van der Waals surface area contributed by atoms with Crippen LogP contribution >= 0.6 is 11.6 Å². The fourth-order valence-corrected chi connectivity index (χ4v) is 1.98. The number of halogens is 1. The molecule has 0 aromatic heterocycles. The highest BCUT2D eigenvalue weighted by Gasteiger charge is 2.08. The van der Waals surface area contributed by atoms with Crippen molar-refractivity contribution in [3.05, 3.63) is 64.7 Å². The van der Waals surface area contributed by atoms with E-state index in [1.54, 1.807) is 42.5 Å². The Morgan fingerprint density at radius 1 is 1.20 bits per heavy atom. The second-order valence-corrected chi connectivity index (χ2v) is 4.48. The molecule has 0 aliphatic rings. The molecule has 0 aliphatic heterocycles. The summed E-state index contributed by atoms with van der Waals surface area (Å²) in [4.78, 5) is 12.0. The molecule has 0 radical (unpaired) electrons. The van der Waals surface area contributed by atoms with E-state index in [1.165, 1.54) is 19.3 Å². The van der Waals surface area contributed by atoms with Crippen molar-refractivity contribution >= 4 is 23.5 Å². The van der Waals surface area contributed by atoms with Crippen LogP contribution in [0.4, 0.5) is 0 Å². The van der Waals surface area contributed by atoms with Crippen LogP contribution in [0.1, 0.15) is 15.9 Å². The van der Waals surface area contributed by atoms with Crippen LogP contribution in [0.15, 0.2) is 48.5 Å². The third kappa shape index (κ3) is 3.00. The van der Waals surface area contributed by atoms with E-state index in [1.807, 2.05) is 0 Å². The van der Waals surface area contributed by atoms with Crippen LogP contribution in [0.5, 0.6) is 11.5 Å². The summed E-state index contributed by atoms with van der Waals surface area (Å²) in [5.74, 6) is 0.133. The zero-order valence-corrected chi connectivity index (χ0v) is 11.6. The van der Waals surface area contributed by atoms with Crippen molar-refractivity contribution in [2.45, 2.75) is 0 Å². The summed E-state index contributed by atoms with van der Waals surface area (Å²) in [5.41, 5.74) is 0.928. The number of ketones is 1. The first-order chi connectivity index (χ1) is 9.63. The number of rotatable bonds is 4. The van der Waals surface area contributed by atoms with E-state index < -0.39 is 0 Å². The number of methoxy groups -OCH3 is 1. The number of carbonyl (C=O) groups is 1. The molecule has 0 bridgehead atoms. The Labute approximate surface area is 122 Å². The number of hydrogen-bond acceptors (Lipinski definition) is 3. The van der Waals surface area contributed by atoms with Gasteiger partial charge in [0.1, 0.15) is 0 Å². The van der Waals surface area contributed by atoms with Crippen LogP contribution in [-0.4, -0.2) is 18.0 Å². The molecule has 0 aliphatic carbocycles. The summed E-state index contributed by atoms with van der Waals surface area (Å²) in [7, 11) is 1.47. The van der Waals surface area contributed by atoms with Gasteiger partial charge in [0.15, 0.2) is 17.3 Å². The highest BCUT2D eigenvalue weighted by molar-refractivity contribution is 6.34. The number of para-hydroxylation sites is 1. The largest absolute Gasteiger partial charge is 0.504 e. The number of phenolic OH excluding ortho intramolecular Hbond substituents is 1. The van der Waals surface area contributed by atoms with Crippen molar-refractivity contribution in [2.24, 2.45) is 0 Å². The van der Waals surface area contributed by atoms with Gasteiger partial charge in [-0.15, -0.1) is 0 Å². The van der Waals surface area contributed by atoms with Crippen LogP contribution in [0.3, 0.4) is 0 Å². The number of phenols is 1. The third-order valence-corrected chi connectivity index (χ3v) is 3.13. The molecule has 0 spiro atoms. The normalized spacial score (nSPS) is 10.7. The monoisotopic (exact) mass is 288 g/mol. The second kappa shape index (κ2) is 6.26. The summed E-state index contributed by atoms with van der Waals surface area (Å²) in [6.45, 7) is 0. The minimum absolute atomic E-state index is 0.00166. The zero-order chi connectivity index (χ0) is 14.5. The molecular formula is C16H13ClO3. The van der Waals surface area contributed by atoms with Gasteiger partial charge in [0.25, 0.3) is 0 Å². The quantitative estimate of drug-likeness (QED) is 0.684. The van der Waals surface area contributed by atoms with Crippen molar-refractivity contribution < 1.29 is 14.6 Å². The summed E-state index contributed by atoms with van der Waals surface area (Å²) < 4.78 is 5.01. The Morgan fingerprint density at radius 3 is 2.65 bits per heavy atom. The molecule has 0 fully saturated rings. The Kier molecular flexibility index (Phi) is 4.43. The Balaban J connectivity index is 2.26. The SMILES string of the molecule is COc1cccc(C=CC(=O)c2ccccc2Cl)c1O. The molecule has 20 heavy (non-hydrogen) atoms. The van der Waals surface area contributed by atoms with Gasteiger partial charge in [0.2, 0.25) is 0 Å². The number of allylic oxidation sites excluding steroid dienone is 1. The lowest BCUT2D eigenvalue weighted by Crippen LogP contribution is -1.94. The molecule has 4 heteroatoms. The van der Waals surface area contributed by atoms with E-state index in [0.29, 0.717) is 21.9 Å². The van der Waals surface area contributed by atoms with E-state index in [9.17, 15) is 9.90 Å². The molecule has 102 valence electrons. The number of ether oxygens (including phenoxy) is 1. The zero-order valence-electron chi connectivity index (χ0n) is 10.8. The Morgan fingerprint density at radius 2 is 1.95 bits per heavy atom. The van der Waals surface area contributed by atoms with Crippen LogP contribution in [0.2, 0.25) is 5.02 Å². The molecule has 0 saturated heterocycles. The highest BCUT2D eigenvalue weighted by Crippen LogP contribution is 2.30. The smallest absolute Gasteiger partial charge is 0.187 e. The summed E-state index contributed by atoms with van der Waals surface area (Å²) in [5, 5.41) is 10.3. The molecule has 0 saturated carbocycles. The fraction of sp³-hybridized carbons (Fsp3) is 0.0625. The molecule has 0 atom stereocenters. The van der Waals surface area contributed by atoms with Crippen LogP contribution in [-0.2, 0) is 0 Å². The number of aromatic hydroxyl groups is 1. The number of benzene rings is 2. The first-order valence-electron chi connectivity index (χ1n) is 5.96. The van der Waals surface area contributed by atoms with Crippen molar-refractivity contribution in [1.82, 2.24) is 0 Å². The van der Waals surface area contributed by atoms with E-state index in [0.717, 1.165) is 0 Å². The first-order valence-corrected chi connectivity index (χ1v) is 6.34. The van der Waals surface area contributed by atoms with Gasteiger partial charge in [-0.3, -0.25) is 4.79 Å². The van der Waals surface area contributed by atoms with E-state index in [-0.39, 0.29) is 11.5 Å². The summed E-state index contributed by atoms with van der Waals surface area (Å²) >= 11 is 5.96. The van der Waals surface area contributed by atoms with Gasteiger partial charge >= 0.3 is 0 Å². The molecule has 1 N–H and O–H groups in total. The van der Waals surface area contributed by atoms with Crippen LogP contribution in [0.25, 0.3) is 6.08 Å². The average Bonchev–Trinajstić information content (AvgIpc) is 2.46. The lowest BCUT2D eigenvalue weighted by molar-refractivity contribution is 0.104. The molecule has 2 rings (SSSR count). The van der Waals surface area contributed by atoms with Gasteiger partial charge in [-0.2, -0.15) is 0 Å². The minimum atomic E-state index is -0.224. The van der Waals surface area contributed by atoms with E-state index in [4.69, 9.17) is 16.3 Å². The topological polar surface area (TPSA) is 46.5 Å². The molecule has 2 aromatic rings. The lowest BCUT2D eigenvalue weighted by Gasteiger charge is -2.05. The van der Waals surface area contributed by atoms with Crippen molar-refractivity contribution in [3.63, 3.8) is 0 Å². The number of carbonyl (C=O) groups excluding carboxylic acids is 1. The third-order valence-electron chi connectivity index (χ3n) is 2.80. The predicted molar refractivity (Wildman–Crippen MR) is 79.5 cm³/mol. The predicted octanol–water partition coefficient (Wildman–Crippen LogP) is 3.95. The second-order valence-electron chi connectivity index (χ2n) is 4.08. The van der Waals surface area contributed by atoms with E-state index in [2.05, 4.69) is 0 Å². The summed E-state index contributed by atoms with van der Waals surface area (Å²) in [6, 6.07) is 11.9. The lowest BCUT2D eigenvalue weighted by atomic mass is 10.1. The molecule has 0 heterocycles. The Hall–Kier alpha value is -2.26. The first kappa shape index (κ1) is 14.2. The maximum atomic E-state index is 12.0. The Bertz CT molecular complexity index is 663.